The summed E-state index contributed by atoms with van der Waals surface area (Å²) in [6.45, 7) is 7.79. The van der Waals surface area contributed by atoms with Crippen molar-refractivity contribution in [1.29, 1.82) is 0 Å². The van der Waals surface area contributed by atoms with Crippen LogP contribution in [0, 0.1) is 13.8 Å². The minimum Gasteiger partial charge on any atom is -0.488 e. The summed E-state index contributed by atoms with van der Waals surface area (Å²) in [5.74, 6) is 1.14. The van der Waals surface area contributed by atoms with Crippen molar-refractivity contribution in [2.45, 2.75) is 40.3 Å². The summed E-state index contributed by atoms with van der Waals surface area (Å²) in [4.78, 5) is 12.1. The number of carbonyl (C=O) groups is 1. The number of benzene rings is 1. The molecular formula is C16H20N2O3. The van der Waals surface area contributed by atoms with Crippen LogP contribution in [0.2, 0.25) is 0 Å². The molecule has 0 aliphatic heterocycles. The molecule has 0 saturated carbocycles. The van der Waals surface area contributed by atoms with Gasteiger partial charge in [0.05, 0.1) is 5.56 Å². The Kier molecular flexibility index (Phi) is 4.62. The van der Waals surface area contributed by atoms with Gasteiger partial charge >= 0.3 is 0 Å². The normalized spacial score (nSPS) is 10.7. The average Bonchev–Trinajstić information content (AvgIpc) is 2.78. The summed E-state index contributed by atoms with van der Waals surface area (Å²) in [6, 6.07) is 7.78. The Hall–Kier alpha value is -2.30. The first-order valence-corrected chi connectivity index (χ1v) is 6.93. The number of aromatic nitrogens is 1. The number of para-hydroxylation sites is 1. The zero-order chi connectivity index (χ0) is 15.4. The molecule has 21 heavy (non-hydrogen) atoms. The molecule has 2 rings (SSSR count). The molecule has 112 valence electrons. The fraction of sp³-hybridized carbons (Fsp3) is 0.375. The maximum Gasteiger partial charge on any atom is 0.274 e. The summed E-state index contributed by atoms with van der Waals surface area (Å²) in [7, 11) is 0. The van der Waals surface area contributed by atoms with E-state index in [-0.39, 0.29) is 24.2 Å². The molecule has 1 amide bonds. The lowest BCUT2D eigenvalue weighted by atomic mass is 10.2. The Labute approximate surface area is 124 Å². The van der Waals surface area contributed by atoms with Crippen molar-refractivity contribution >= 4 is 5.91 Å². The third-order valence-electron chi connectivity index (χ3n) is 3.09. The molecule has 0 radical (unpaired) electrons. The lowest BCUT2D eigenvalue weighted by molar-refractivity contribution is 0.0932. The van der Waals surface area contributed by atoms with Crippen LogP contribution in [0.1, 0.15) is 41.2 Å². The zero-order valence-electron chi connectivity index (χ0n) is 12.8. The first-order valence-electron chi connectivity index (χ1n) is 6.93. The summed E-state index contributed by atoms with van der Waals surface area (Å²) in [5.41, 5.74) is 2.01. The van der Waals surface area contributed by atoms with Gasteiger partial charge in [-0.25, -0.2) is 0 Å². The van der Waals surface area contributed by atoms with Gasteiger partial charge in [-0.2, -0.15) is 0 Å². The van der Waals surface area contributed by atoms with E-state index >= 15 is 0 Å². The topological polar surface area (TPSA) is 64.4 Å². The van der Waals surface area contributed by atoms with Crippen molar-refractivity contribution in [3.8, 4) is 5.75 Å². The molecule has 0 saturated heterocycles. The highest BCUT2D eigenvalue weighted by molar-refractivity contribution is 5.93. The first kappa shape index (κ1) is 15.1. The van der Waals surface area contributed by atoms with Gasteiger partial charge in [-0.15, -0.1) is 0 Å². The summed E-state index contributed by atoms with van der Waals surface area (Å²) in [6.07, 6.45) is 0. The smallest absolute Gasteiger partial charge is 0.274 e. The number of hydrogen-bond acceptors (Lipinski definition) is 4. The summed E-state index contributed by atoms with van der Waals surface area (Å²) >= 11 is 0. The Bertz CT molecular complexity index is 632. The second-order valence-corrected chi connectivity index (χ2v) is 5.25. The largest absolute Gasteiger partial charge is 0.488 e. The van der Waals surface area contributed by atoms with Gasteiger partial charge in [0.25, 0.3) is 5.91 Å². The standard InChI is InChI=1S/C16H20N2O3/c1-10(2)17-16(19)15-13(12(4)21-18-15)9-20-14-8-6-5-7-11(14)3/h5-8,10H,9H2,1-4H3,(H,17,19). The lowest BCUT2D eigenvalue weighted by Gasteiger charge is -2.10. The predicted molar refractivity (Wildman–Crippen MR) is 79.4 cm³/mol. The third kappa shape index (κ3) is 3.62. The molecule has 1 aromatic carbocycles. The van der Waals surface area contributed by atoms with Gasteiger partial charge in [-0.1, -0.05) is 23.4 Å². The van der Waals surface area contributed by atoms with E-state index in [1.165, 1.54) is 0 Å². The monoisotopic (exact) mass is 288 g/mol. The number of rotatable bonds is 5. The zero-order valence-corrected chi connectivity index (χ0v) is 12.8. The molecule has 5 nitrogen and oxygen atoms in total. The number of ether oxygens (including phenoxy) is 1. The van der Waals surface area contributed by atoms with E-state index in [9.17, 15) is 4.79 Å². The quantitative estimate of drug-likeness (QED) is 0.918. The minimum atomic E-state index is -0.245. The molecule has 1 heterocycles. The average molecular weight is 288 g/mol. The van der Waals surface area contributed by atoms with E-state index in [0.29, 0.717) is 11.3 Å². The van der Waals surface area contributed by atoms with Gasteiger partial charge in [0.2, 0.25) is 0 Å². The highest BCUT2D eigenvalue weighted by atomic mass is 16.5. The van der Waals surface area contributed by atoms with Crippen LogP contribution in [0.5, 0.6) is 5.75 Å². The van der Waals surface area contributed by atoms with Crippen LogP contribution in [0.4, 0.5) is 0 Å². The molecule has 1 N–H and O–H groups in total. The molecule has 1 aromatic heterocycles. The molecule has 0 aliphatic carbocycles. The van der Waals surface area contributed by atoms with Crippen LogP contribution in [-0.4, -0.2) is 17.1 Å². The van der Waals surface area contributed by atoms with Crippen LogP contribution < -0.4 is 10.1 Å². The number of carbonyl (C=O) groups excluding carboxylic acids is 1. The van der Waals surface area contributed by atoms with Crippen molar-refractivity contribution < 1.29 is 14.1 Å². The van der Waals surface area contributed by atoms with Gasteiger partial charge in [-0.3, -0.25) is 4.79 Å². The molecule has 0 fully saturated rings. The molecule has 0 bridgehead atoms. The fourth-order valence-electron chi connectivity index (χ4n) is 1.94. The van der Waals surface area contributed by atoms with Crippen molar-refractivity contribution in [2.24, 2.45) is 0 Å². The summed E-state index contributed by atoms with van der Waals surface area (Å²) in [5, 5.41) is 6.64. The third-order valence-corrected chi connectivity index (χ3v) is 3.09. The Morgan fingerprint density at radius 1 is 1.33 bits per heavy atom. The maximum atomic E-state index is 12.1. The molecule has 5 heteroatoms. The van der Waals surface area contributed by atoms with Crippen molar-refractivity contribution in [3.63, 3.8) is 0 Å². The Morgan fingerprint density at radius 2 is 2.05 bits per heavy atom. The fourth-order valence-corrected chi connectivity index (χ4v) is 1.94. The van der Waals surface area contributed by atoms with Crippen LogP contribution in [0.25, 0.3) is 0 Å². The number of hydrogen-bond donors (Lipinski definition) is 1. The molecule has 0 spiro atoms. The number of aryl methyl sites for hydroxylation is 2. The molecule has 0 unspecified atom stereocenters. The van der Waals surface area contributed by atoms with Crippen LogP contribution >= 0.6 is 0 Å². The Balaban J connectivity index is 2.15. The molecular weight excluding hydrogens is 268 g/mol. The van der Waals surface area contributed by atoms with E-state index in [2.05, 4.69) is 10.5 Å². The van der Waals surface area contributed by atoms with Crippen molar-refractivity contribution in [3.05, 3.63) is 46.8 Å². The molecule has 0 aliphatic rings. The van der Waals surface area contributed by atoms with Gasteiger partial charge < -0.3 is 14.6 Å². The van der Waals surface area contributed by atoms with Crippen LogP contribution in [0.3, 0.4) is 0 Å². The van der Waals surface area contributed by atoms with E-state index in [0.717, 1.165) is 11.3 Å². The number of nitrogens with zero attached hydrogens (tertiary/aromatic N) is 1. The van der Waals surface area contributed by atoms with Crippen LogP contribution in [0.15, 0.2) is 28.8 Å². The molecule has 2 aromatic rings. The van der Waals surface area contributed by atoms with Gasteiger partial charge in [-0.05, 0) is 39.3 Å². The Morgan fingerprint density at radius 3 is 2.71 bits per heavy atom. The van der Waals surface area contributed by atoms with Gasteiger partial charge in [0, 0.05) is 6.04 Å². The molecule has 0 atom stereocenters. The maximum absolute atomic E-state index is 12.1. The highest BCUT2D eigenvalue weighted by Crippen LogP contribution is 2.20. The van der Waals surface area contributed by atoms with Crippen LogP contribution in [-0.2, 0) is 6.61 Å². The van der Waals surface area contributed by atoms with Crippen molar-refractivity contribution in [2.75, 3.05) is 0 Å². The van der Waals surface area contributed by atoms with E-state index in [1.807, 2.05) is 45.0 Å². The number of amides is 1. The van der Waals surface area contributed by atoms with E-state index < -0.39 is 0 Å². The second-order valence-electron chi connectivity index (χ2n) is 5.25. The highest BCUT2D eigenvalue weighted by Gasteiger charge is 2.20. The van der Waals surface area contributed by atoms with Gasteiger partial charge in [0.1, 0.15) is 18.1 Å². The number of nitrogens with one attached hydrogen (secondary N) is 1. The van der Waals surface area contributed by atoms with Gasteiger partial charge in [0.15, 0.2) is 5.69 Å². The SMILES string of the molecule is Cc1ccccc1OCc1c(C(=O)NC(C)C)noc1C. The minimum absolute atomic E-state index is 0.0413. The van der Waals surface area contributed by atoms with E-state index in [1.54, 1.807) is 6.92 Å². The first-order chi connectivity index (χ1) is 9.99. The second kappa shape index (κ2) is 6.43. The van der Waals surface area contributed by atoms with E-state index in [4.69, 9.17) is 9.26 Å². The summed E-state index contributed by atoms with van der Waals surface area (Å²) < 4.78 is 10.9. The predicted octanol–water partition coefficient (Wildman–Crippen LogP) is 3.01. The van der Waals surface area contributed by atoms with Crippen molar-refractivity contribution in [1.82, 2.24) is 10.5 Å². The lowest BCUT2D eigenvalue weighted by Crippen LogP contribution is -2.31.